The minimum Gasteiger partial charge on any atom is -0.308 e. The van der Waals surface area contributed by atoms with Crippen molar-refractivity contribution in [1.82, 2.24) is 4.98 Å². The summed E-state index contributed by atoms with van der Waals surface area (Å²) in [6, 6.07) is 15.7. The second kappa shape index (κ2) is 8.68. The van der Waals surface area contributed by atoms with Crippen LogP contribution < -0.4 is 21.3 Å². The predicted molar refractivity (Wildman–Crippen MR) is 112 cm³/mol. The molecule has 4 amide bonds. The summed E-state index contributed by atoms with van der Waals surface area (Å²) in [5.41, 5.74) is 4.30. The highest BCUT2D eigenvalue weighted by Gasteiger charge is 2.10. The normalized spacial score (nSPS) is 10.1. The van der Waals surface area contributed by atoms with E-state index in [-0.39, 0.29) is 0 Å². The third-order valence-electron chi connectivity index (χ3n) is 3.90. The maximum absolute atomic E-state index is 12.3. The molecule has 0 unspecified atom stereocenters. The number of urea groups is 2. The van der Waals surface area contributed by atoms with E-state index in [1.54, 1.807) is 12.1 Å². The lowest BCUT2D eigenvalue weighted by Gasteiger charge is -2.13. The van der Waals surface area contributed by atoms with Crippen LogP contribution in [-0.4, -0.2) is 17.0 Å². The van der Waals surface area contributed by atoms with Crippen LogP contribution in [0.5, 0.6) is 0 Å². The smallest absolute Gasteiger partial charge is 0.308 e. The summed E-state index contributed by atoms with van der Waals surface area (Å²) in [7, 11) is 0. The first kappa shape index (κ1) is 18.9. The second-order valence-corrected chi connectivity index (χ2v) is 6.32. The third-order valence-corrected chi connectivity index (χ3v) is 3.90. The quantitative estimate of drug-likeness (QED) is 0.517. The van der Waals surface area contributed by atoms with E-state index in [0.717, 1.165) is 11.1 Å². The van der Waals surface area contributed by atoms with Gasteiger partial charge in [0.05, 0.1) is 17.6 Å². The van der Waals surface area contributed by atoms with E-state index in [1.807, 2.05) is 56.3 Å². The number of hydrogen-bond donors (Lipinski definition) is 4. The van der Waals surface area contributed by atoms with E-state index in [9.17, 15) is 9.59 Å². The minimum absolute atomic E-state index is 0.381. The molecule has 0 bridgehead atoms. The van der Waals surface area contributed by atoms with Crippen molar-refractivity contribution in [3.05, 3.63) is 78.1 Å². The van der Waals surface area contributed by atoms with E-state index < -0.39 is 12.1 Å². The predicted octanol–water partition coefficient (Wildman–Crippen LogP) is 4.99. The molecule has 2 aromatic carbocycles. The zero-order chi connectivity index (χ0) is 19.9. The van der Waals surface area contributed by atoms with E-state index in [1.165, 1.54) is 12.4 Å². The van der Waals surface area contributed by atoms with Crippen LogP contribution in [0, 0.1) is 13.8 Å². The van der Waals surface area contributed by atoms with Gasteiger partial charge in [-0.2, -0.15) is 0 Å². The van der Waals surface area contributed by atoms with Gasteiger partial charge in [0.25, 0.3) is 0 Å². The molecule has 0 saturated heterocycles. The number of carbonyl (C=O) groups is 2. The highest BCUT2D eigenvalue weighted by Crippen LogP contribution is 2.21. The molecule has 0 radical (unpaired) electrons. The van der Waals surface area contributed by atoms with Gasteiger partial charge in [0.1, 0.15) is 0 Å². The van der Waals surface area contributed by atoms with Gasteiger partial charge in [0, 0.05) is 17.6 Å². The van der Waals surface area contributed by atoms with Crippen LogP contribution in [0.1, 0.15) is 11.1 Å². The van der Waals surface area contributed by atoms with Gasteiger partial charge in [-0.15, -0.1) is 0 Å². The average Bonchev–Trinajstić information content (AvgIpc) is 2.65. The van der Waals surface area contributed by atoms with Crippen LogP contribution in [-0.2, 0) is 0 Å². The van der Waals surface area contributed by atoms with Crippen molar-refractivity contribution in [2.45, 2.75) is 13.8 Å². The number of pyridine rings is 1. The number of hydrogen-bond acceptors (Lipinski definition) is 3. The molecule has 0 atom stereocenters. The van der Waals surface area contributed by atoms with Gasteiger partial charge in [-0.1, -0.05) is 29.8 Å². The van der Waals surface area contributed by atoms with Gasteiger partial charge in [-0.25, -0.2) is 9.59 Å². The Morgan fingerprint density at radius 2 is 1.39 bits per heavy atom. The Morgan fingerprint density at radius 3 is 2.11 bits per heavy atom. The molecule has 0 spiro atoms. The van der Waals surface area contributed by atoms with E-state index in [4.69, 9.17) is 0 Å². The van der Waals surface area contributed by atoms with Gasteiger partial charge < -0.3 is 21.3 Å². The van der Waals surface area contributed by atoms with Crippen LogP contribution in [0.3, 0.4) is 0 Å². The SMILES string of the molecule is Cc1ccc(NC(=O)Nc2cnccc2NC(=O)Nc2cccc(C)c2)cc1. The van der Waals surface area contributed by atoms with Crippen molar-refractivity contribution in [3.63, 3.8) is 0 Å². The lowest BCUT2D eigenvalue weighted by Crippen LogP contribution is -2.23. The number of benzene rings is 2. The molecule has 0 aliphatic rings. The highest BCUT2D eigenvalue weighted by atomic mass is 16.2. The zero-order valence-corrected chi connectivity index (χ0v) is 15.6. The third kappa shape index (κ3) is 5.31. The van der Waals surface area contributed by atoms with Gasteiger partial charge >= 0.3 is 12.1 Å². The number of nitrogens with zero attached hydrogens (tertiary/aromatic N) is 1. The van der Waals surface area contributed by atoms with Crippen molar-refractivity contribution in [1.29, 1.82) is 0 Å². The van der Waals surface area contributed by atoms with E-state index >= 15 is 0 Å². The van der Waals surface area contributed by atoms with Crippen molar-refractivity contribution < 1.29 is 9.59 Å². The molecule has 3 aromatic rings. The fourth-order valence-corrected chi connectivity index (χ4v) is 2.53. The van der Waals surface area contributed by atoms with Crippen molar-refractivity contribution in [3.8, 4) is 0 Å². The van der Waals surface area contributed by atoms with Gasteiger partial charge in [0.2, 0.25) is 0 Å². The number of amides is 4. The number of anilines is 4. The molecule has 3 rings (SSSR count). The fraction of sp³-hybridized carbons (Fsp3) is 0.0952. The summed E-state index contributed by atoms with van der Waals surface area (Å²) in [6.45, 7) is 3.92. The first-order valence-electron chi connectivity index (χ1n) is 8.73. The molecular formula is C21H21N5O2. The lowest BCUT2D eigenvalue weighted by atomic mass is 10.2. The summed E-state index contributed by atoms with van der Waals surface area (Å²) < 4.78 is 0. The molecule has 0 aliphatic heterocycles. The first-order chi connectivity index (χ1) is 13.5. The summed E-state index contributed by atoms with van der Waals surface area (Å²) in [6.07, 6.45) is 3.00. The first-order valence-corrected chi connectivity index (χ1v) is 8.73. The van der Waals surface area contributed by atoms with Crippen molar-refractivity contribution in [2.24, 2.45) is 0 Å². The summed E-state index contributed by atoms with van der Waals surface area (Å²) in [4.78, 5) is 28.5. The maximum atomic E-state index is 12.3. The molecule has 28 heavy (non-hydrogen) atoms. The molecule has 4 N–H and O–H groups in total. The summed E-state index contributed by atoms with van der Waals surface area (Å²) in [5.74, 6) is 0. The lowest BCUT2D eigenvalue weighted by molar-refractivity contribution is 0.261. The van der Waals surface area contributed by atoms with Crippen LogP contribution in [0.25, 0.3) is 0 Å². The van der Waals surface area contributed by atoms with Gasteiger partial charge in [-0.05, 0) is 49.7 Å². The van der Waals surface area contributed by atoms with E-state index in [0.29, 0.717) is 22.7 Å². The zero-order valence-electron chi connectivity index (χ0n) is 15.6. The molecule has 0 fully saturated rings. The van der Waals surface area contributed by atoms with Crippen molar-refractivity contribution >= 4 is 34.8 Å². The minimum atomic E-state index is -0.431. The maximum Gasteiger partial charge on any atom is 0.323 e. The number of rotatable bonds is 4. The largest absolute Gasteiger partial charge is 0.323 e. The Kier molecular flexibility index (Phi) is 5.86. The molecule has 0 aliphatic carbocycles. The van der Waals surface area contributed by atoms with E-state index in [2.05, 4.69) is 26.3 Å². The van der Waals surface area contributed by atoms with Crippen LogP contribution in [0.4, 0.5) is 32.3 Å². The summed E-state index contributed by atoms with van der Waals surface area (Å²) >= 11 is 0. The van der Waals surface area contributed by atoms with Gasteiger partial charge in [-0.3, -0.25) is 4.98 Å². The fourth-order valence-electron chi connectivity index (χ4n) is 2.53. The standard InChI is InChI=1S/C21H21N5O2/c1-14-6-8-16(9-7-14)23-20(27)26-19-13-22-11-10-18(19)25-21(28)24-17-5-3-4-15(2)12-17/h3-13H,1-2H3,(H2,23,26,27)(H2,22,24,25,28). The Bertz CT molecular complexity index is 986. The topological polar surface area (TPSA) is 95.2 Å². The molecule has 1 heterocycles. The van der Waals surface area contributed by atoms with Crippen LogP contribution >= 0.6 is 0 Å². The number of nitrogens with one attached hydrogen (secondary N) is 4. The highest BCUT2D eigenvalue weighted by molar-refractivity contribution is 6.06. The summed E-state index contributed by atoms with van der Waals surface area (Å²) in [5, 5.41) is 10.9. The van der Waals surface area contributed by atoms with Gasteiger partial charge in [0.15, 0.2) is 0 Å². The van der Waals surface area contributed by atoms with Crippen LogP contribution in [0.2, 0.25) is 0 Å². The number of carbonyl (C=O) groups excluding carboxylic acids is 2. The molecule has 1 aromatic heterocycles. The molecule has 142 valence electrons. The number of aromatic nitrogens is 1. The molecular weight excluding hydrogens is 354 g/mol. The van der Waals surface area contributed by atoms with Crippen LogP contribution in [0.15, 0.2) is 67.0 Å². The monoisotopic (exact) mass is 375 g/mol. The Morgan fingerprint density at radius 1 is 0.714 bits per heavy atom. The Hall–Kier alpha value is -3.87. The average molecular weight is 375 g/mol. The number of aryl methyl sites for hydroxylation is 2. The van der Waals surface area contributed by atoms with Crippen molar-refractivity contribution in [2.75, 3.05) is 21.3 Å². The second-order valence-electron chi connectivity index (χ2n) is 6.32. The Balaban J connectivity index is 1.64. The molecule has 0 saturated carbocycles. The molecule has 7 heteroatoms. The molecule has 7 nitrogen and oxygen atoms in total. The Labute approximate surface area is 163 Å².